The van der Waals surface area contributed by atoms with Crippen molar-refractivity contribution in [3.05, 3.63) is 62.5 Å². The van der Waals surface area contributed by atoms with Crippen LogP contribution < -0.4 is 5.32 Å². The van der Waals surface area contributed by atoms with Crippen LogP contribution in [0.5, 0.6) is 0 Å². The second kappa shape index (κ2) is 6.59. The molecule has 100 valence electrons. The van der Waals surface area contributed by atoms with Gasteiger partial charge in [0.25, 0.3) is 0 Å². The summed E-state index contributed by atoms with van der Waals surface area (Å²) < 4.78 is 14.7. The number of likely N-dealkylation sites (N-methyl/N-ethyl adjacent to an activating group) is 1. The number of aromatic nitrogens is 1. The van der Waals surface area contributed by atoms with Gasteiger partial charge in [-0.3, -0.25) is 4.98 Å². The number of rotatable bonds is 4. The summed E-state index contributed by atoms with van der Waals surface area (Å²) in [6, 6.07) is 7.27. The molecule has 1 aromatic heterocycles. The standard InChI is InChI=1S/C14H13Br2FN2/c1-18-14(10-6-11(15)8-19-7-10)5-9-2-3-13(17)12(16)4-9/h2-4,6-8,14,18H,5H2,1H3. The number of nitrogens with one attached hydrogen (secondary N) is 1. The molecular weight excluding hydrogens is 375 g/mol. The molecular formula is C14H13Br2FN2. The van der Waals surface area contributed by atoms with E-state index in [-0.39, 0.29) is 11.9 Å². The van der Waals surface area contributed by atoms with Crippen molar-refractivity contribution in [3.63, 3.8) is 0 Å². The lowest BCUT2D eigenvalue weighted by molar-refractivity contribution is 0.585. The largest absolute Gasteiger partial charge is 0.313 e. The van der Waals surface area contributed by atoms with Gasteiger partial charge in [0, 0.05) is 22.9 Å². The van der Waals surface area contributed by atoms with Gasteiger partial charge in [-0.1, -0.05) is 6.07 Å². The Morgan fingerprint density at radius 3 is 2.68 bits per heavy atom. The molecule has 0 radical (unpaired) electrons. The number of pyridine rings is 1. The fraction of sp³-hybridized carbons (Fsp3) is 0.214. The van der Waals surface area contributed by atoms with Gasteiger partial charge in [-0.05, 0) is 74.7 Å². The van der Waals surface area contributed by atoms with Crippen LogP contribution in [0, 0.1) is 5.82 Å². The third-order valence-electron chi connectivity index (χ3n) is 2.90. The van der Waals surface area contributed by atoms with Crippen molar-refractivity contribution in [2.45, 2.75) is 12.5 Å². The highest BCUT2D eigenvalue weighted by molar-refractivity contribution is 9.10. The Hall–Kier alpha value is -0.780. The van der Waals surface area contributed by atoms with E-state index >= 15 is 0 Å². The first-order valence-corrected chi connectivity index (χ1v) is 7.40. The Balaban J connectivity index is 2.21. The predicted octanol–water partition coefficient (Wildman–Crippen LogP) is 4.25. The first-order chi connectivity index (χ1) is 9.10. The fourth-order valence-electron chi connectivity index (χ4n) is 1.91. The maximum absolute atomic E-state index is 13.2. The molecule has 0 saturated carbocycles. The highest BCUT2D eigenvalue weighted by atomic mass is 79.9. The molecule has 0 fully saturated rings. The molecule has 0 spiro atoms. The molecule has 1 N–H and O–H groups in total. The van der Waals surface area contributed by atoms with Gasteiger partial charge in [-0.2, -0.15) is 0 Å². The second-order valence-corrected chi connectivity index (χ2v) is 6.00. The van der Waals surface area contributed by atoms with E-state index in [1.54, 1.807) is 12.3 Å². The molecule has 0 amide bonds. The van der Waals surface area contributed by atoms with Crippen molar-refractivity contribution in [2.75, 3.05) is 7.05 Å². The zero-order valence-electron chi connectivity index (χ0n) is 10.3. The molecule has 1 heterocycles. The van der Waals surface area contributed by atoms with Crippen molar-refractivity contribution >= 4 is 31.9 Å². The average Bonchev–Trinajstić information content (AvgIpc) is 2.40. The van der Waals surface area contributed by atoms with Gasteiger partial charge in [-0.25, -0.2) is 4.39 Å². The monoisotopic (exact) mass is 386 g/mol. The summed E-state index contributed by atoms with van der Waals surface area (Å²) in [7, 11) is 1.91. The lowest BCUT2D eigenvalue weighted by Crippen LogP contribution is -2.19. The van der Waals surface area contributed by atoms with Gasteiger partial charge in [-0.15, -0.1) is 0 Å². The highest BCUT2D eigenvalue weighted by Crippen LogP contribution is 2.23. The molecule has 1 unspecified atom stereocenters. The van der Waals surface area contributed by atoms with Gasteiger partial charge in [0.05, 0.1) is 4.47 Å². The summed E-state index contributed by atoms with van der Waals surface area (Å²) >= 11 is 6.63. The molecule has 5 heteroatoms. The molecule has 1 atom stereocenters. The van der Waals surface area contributed by atoms with Crippen molar-refractivity contribution in [1.82, 2.24) is 10.3 Å². The summed E-state index contributed by atoms with van der Waals surface area (Å²) in [5, 5.41) is 3.26. The van der Waals surface area contributed by atoms with Gasteiger partial charge >= 0.3 is 0 Å². The summed E-state index contributed by atoms with van der Waals surface area (Å²) in [6.07, 6.45) is 4.36. The Morgan fingerprint density at radius 2 is 2.05 bits per heavy atom. The molecule has 2 rings (SSSR count). The first kappa shape index (κ1) is 14.6. The Bertz CT molecular complexity index is 575. The summed E-state index contributed by atoms with van der Waals surface area (Å²) in [5.74, 6) is -0.242. The van der Waals surface area contributed by atoms with Crippen LogP contribution in [-0.4, -0.2) is 12.0 Å². The van der Waals surface area contributed by atoms with Crippen LogP contribution >= 0.6 is 31.9 Å². The number of nitrogens with zero attached hydrogens (tertiary/aromatic N) is 1. The van der Waals surface area contributed by atoms with E-state index in [2.05, 4.69) is 42.2 Å². The van der Waals surface area contributed by atoms with Crippen molar-refractivity contribution in [3.8, 4) is 0 Å². The summed E-state index contributed by atoms with van der Waals surface area (Å²) in [4.78, 5) is 4.17. The third-order valence-corrected chi connectivity index (χ3v) is 3.94. The lowest BCUT2D eigenvalue weighted by Gasteiger charge is -2.17. The minimum atomic E-state index is -0.242. The molecule has 0 bridgehead atoms. The van der Waals surface area contributed by atoms with Gasteiger partial charge in [0.1, 0.15) is 5.82 Å². The SMILES string of the molecule is CNC(Cc1ccc(F)c(Br)c1)c1cncc(Br)c1. The third kappa shape index (κ3) is 3.84. The molecule has 0 aliphatic heterocycles. The van der Waals surface area contributed by atoms with E-state index in [0.29, 0.717) is 4.47 Å². The second-order valence-electron chi connectivity index (χ2n) is 4.23. The molecule has 2 nitrogen and oxygen atoms in total. The van der Waals surface area contributed by atoms with E-state index in [9.17, 15) is 4.39 Å². The molecule has 19 heavy (non-hydrogen) atoms. The number of hydrogen-bond acceptors (Lipinski definition) is 2. The normalized spacial score (nSPS) is 12.4. The van der Waals surface area contributed by atoms with Gasteiger partial charge in [0.2, 0.25) is 0 Å². The van der Waals surface area contributed by atoms with Crippen LogP contribution in [0.4, 0.5) is 4.39 Å². The smallest absolute Gasteiger partial charge is 0.137 e. The Labute approximate surface area is 128 Å². The average molecular weight is 388 g/mol. The summed E-state index contributed by atoms with van der Waals surface area (Å²) in [6.45, 7) is 0. The maximum atomic E-state index is 13.2. The molecule has 0 aliphatic carbocycles. The van der Waals surface area contributed by atoms with Crippen molar-refractivity contribution in [2.24, 2.45) is 0 Å². The molecule has 0 saturated heterocycles. The van der Waals surface area contributed by atoms with Gasteiger partial charge < -0.3 is 5.32 Å². The van der Waals surface area contributed by atoms with E-state index in [1.165, 1.54) is 6.07 Å². The fourth-order valence-corrected chi connectivity index (χ4v) is 2.72. The van der Waals surface area contributed by atoms with Crippen LogP contribution in [-0.2, 0) is 6.42 Å². The molecule has 1 aromatic carbocycles. The van der Waals surface area contributed by atoms with Crippen LogP contribution in [0.1, 0.15) is 17.2 Å². The van der Waals surface area contributed by atoms with E-state index in [0.717, 1.165) is 22.0 Å². The number of hydrogen-bond donors (Lipinski definition) is 1. The van der Waals surface area contributed by atoms with Crippen LogP contribution in [0.3, 0.4) is 0 Å². The topological polar surface area (TPSA) is 24.9 Å². The zero-order valence-corrected chi connectivity index (χ0v) is 13.5. The van der Waals surface area contributed by atoms with Crippen molar-refractivity contribution < 1.29 is 4.39 Å². The summed E-state index contributed by atoms with van der Waals surface area (Å²) in [5.41, 5.74) is 2.16. The zero-order chi connectivity index (χ0) is 13.8. The number of benzene rings is 1. The number of halogens is 3. The van der Waals surface area contributed by atoms with Gasteiger partial charge in [0.15, 0.2) is 0 Å². The lowest BCUT2D eigenvalue weighted by atomic mass is 10.0. The first-order valence-electron chi connectivity index (χ1n) is 5.82. The molecule has 0 aliphatic rings. The Morgan fingerprint density at radius 1 is 1.26 bits per heavy atom. The van der Waals surface area contributed by atoms with E-state index in [4.69, 9.17) is 0 Å². The van der Waals surface area contributed by atoms with Crippen LogP contribution in [0.25, 0.3) is 0 Å². The highest BCUT2D eigenvalue weighted by Gasteiger charge is 2.12. The quantitative estimate of drug-likeness (QED) is 0.848. The van der Waals surface area contributed by atoms with Crippen LogP contribution in [0.15, 0.2) is 45.6 Å². The minimum absolute atomic E-state index is 0.141. The van der Waals surface area contributed by atoms with Crippen molar-refractivity contribution in [1.29, 1.82) is 0 Å². The maximum Gasteiger partial charge on any atom is 0.137 e. The molecule has 2 aromatic rings. The van der Waals surface area contributed by atoms with E-state index < -0.39 is 0 Å². The minimum Gasteiger partial charge on any atom is -0.313 e. The predicted molar refractivity (Wildman–Crippen MR) is 81.5 cm³/mol. The van der Waals surface area contributed by atoms with E-state index in [1.807, 2.05) is 25.4 Å². The van der Waals surface area contributed by atoms with Crippen LogP contribution in [0.2, 0.25) is 0 Å². The Kier molecular flexibility index (Phi) is 5.07.